The summed E-state index contributed by atoms with van der Waals surface area (Å²) in [4.78, 5) is 0. The summed E-state index contributed by atoms with van der Waals surface area (Å²) >= 11 is 0. The SMILES string of the molecule is C[C@]12CC[C@H](OS(=O)(=O)[O-])C[C@@H]1CC[C@@H]1[C@@H]2CC[C@]2(C)[C@H](OS(=O)(=O)[O-])CC[C@@H]12. The van der Waals surface area contributed by atoms with E-state index in [9.17, 15) is 25.9 Å². The Labute approximate surface area is 173 Å². The van der Waals surface area contributed by atoms with Crippen molar-refractivity contribution in [2.75, 3.05) is 0 Å². The highest BCUT2D eigenvalue weighted by Crippen LogP contribution is 2.66. The van der Waals surface area contributed by atoms with E-state index in [1.807, 2.05) is 0 Å². The zero-order chi connectivity index (χ0) is 21.2. The maximum Gasteiger partial charge on any atom is 0.217 e. The number of hydrogen-bond donors (Lipinski definition) is 0. The van der Waals surface area contributed by atoms with Crippen LogP contribution in [0.25, 0.3) is 0 Å². The molecule has 0 saturated heterocycles. The maximum atomic E-state index is 11.2. The molecule has 10 heteroatoms. The van der Waals surface area contributed by atoms with Gasteiger partial charge in [0.15, 0.2) is 0 Å². The van der Waals surface area contributed by atoms with Crippen LogP contribution in [0.3, 0.4) is 0 Å². The van der Waals surface area contributed by atoms with Crippen LogP contribution in [0, 0.1) is 34.5 Å². The van der Waals surface area contributed by atoms with Gasteiger partial charge in [0.1, 0.15) is 0 Å². The zero-order valence-corrected chi connectivity index (χ0v) is 18.5. The number of fused-ring (bicyclic) bond motifs is 5. The fourth-order valence-corrected chi connectivity index (χ4v) is 8.83. The molecule has 4 fully saturated rings. The molecule has 0 heterocycles. The van der Waals surface area contributed by atoms with Crippen molar-refractivity contribution >= 4 is 20.8 Å². The second-order valence-electron chi connectivity index (χ2n) is 10.2. The van der Waals surface area contributed by atoms with E-state index in [1.54, 1.807) is 0 Å². The molecule has 0 unspecified atom stereocenters. The normalized spacial score (nSPS) is 47.9. The molecule has 0 bridgehead atoms. The van der Waals surface area contributed by atoms with Crippen molar-refractivity contribution in [3.05, 3.63) is 0 Å². The molecule has 4 saturated carbocycles. The van der Waals surface area contributed by atoms with Gasteiger partial charge in [-0.05, 0) is 92.3 Å². The van der Waals surface area contributed by atoms with E-state index in [0.29, 0.717) is 42.9 Å². The summed E-state index contributed by atoms with van der Waals surface area (Å²) in [6, 6.07) is 0. The van der Waals surface area contributed by atoms with Gasteiger partial charge in [-0.3, -0.25) is 8.37 Å². The fourth-order valence-electron chi connectivity index (χ4n) is 7.73. The second kappa shape index (κ2) is 7.13. The van der Waals surface area contributed by atoms with Crippen molar-refractivity contribution < 1.29 is 34.3 Å². The molecule has 0 aromatic rings. The predicted molar refractivity (Wildman–Crippen MR) is 101 cm³/mol. The van der Waals surface area contributed by atoms with Crippen LogP contribution in [0.2, 0.25) is 0 Å². The molecular formula is C19H30O8S2-2. The molecule has 8 atom stereocenters. The molecule has 0 aromatic heterocycles. The molecule has 0 amide bonds. The number of hydrogen-bond acceptors (Lipinski definition) is 8. The fraction of sp³-hybridized carbons (Fsp3) is 1.00. The first-order valence-corrected chi connectivity index (χ1v) is 13.3. The van der Waals surface area contributed by atoms with Crippen molar-refractivity contribution in [3.63, 3.8) is 0 Å². The molecule has 0 aromatic carbocycles. The van der Waals surface area contributed by atoms with Gasteiger partial charge in [-0.25, -0.2) is 16.8 Å². The molecule has 0 spiro atoms. The summed E-state index contributed by atoms with van der Waals surface area (Å²) in [7, 11) is -9.40. The van der Waals surface area contributed by atoms with Gasteiger partial charge in [0, 0.05) is 0 Å². The predicted octanol–water partition coefficient (Wildman–Crippen LogP) is 2.72. The Morgan fingerprint density at radius 1 is 0.759 bits per heavy atom. The second-order valence-corrected chi connectivity index (χ2v) is 12.2. The van der Waals surface area contributed by atoms with Crippen LogP contribution in [0.1, 0.15) is 71.6 Å². The largest absolute Gasteiger partial charge is 0.726 e. The lowest BCUT2D eigenvalue weighted by atomic mass is 9.45. The minimum absolute atomic E-state index is 0.0697. The Morgan fingerprint density at radius 2 is 1.38 bits per heavy atom. The first-order chi connectivity index (χ1) is 13.3. The zero-order valence-electron chi connectivity index (χ0n) is 16.9. The van der Waals surface area contributed by atoms with Crippen LogP contribution in [0.5, 0.6) is 0 Å². The lowest BCUT2D eigenvalue weighted by Crippen LogP contribution is -2.54. The molecule has 4 rings (SSSR count). The monoisotopic (exact) mass is 450 g/mol. The Morgan fingerprint density at radius 3 is 2.03 bits per heavy atom. The van der Waals surface area contributed by atoms with E-state index in [4.69, 9.17) is 8.37 Å². The molecule has 4 aliphatic rings. The van der Waals surface area contributed by atoms with Crippen molar-refractivity contribution in [3.8, 4) is 0 Å². The minimum Gasteiger partial charge on any atom is -0.726 e. The van der Waals surface area contributed by atoms with Gasteiger partial charge in [-0.15, -0.1) is 0 Å². The highest BCUT2D eigenvalue weighted by molar-refractivity contribution is 7.81. The average molecular weight is 451 g/mol. The lowest BCUT2D eigenvalue weighted by molar-refractivity contribution is -0.129. The van der Waals surface area contributed by atoms with Gasteiger partial charge in [0.2, 0.25) is 20.8 Å². The van der Waals surface area contributed by atoms with Gasteiger partial charge in [0.25, 0.3) is 0 Å². The third-order valence-corrected chi connectivity index (χ3v) is 9.99. The molecule has 168 valence electrons. The first-order valence-electron chi connectivity index (χ1n) is 10.6. The van der Waals surface area contributed by atoms with Crippen LogP contribution < -0.4 is 0 Å². The quantitative estimate of drug-likeness (QED) is 0.471. The summed E-state index contributed by atoms with van der Waals surface area (Å²) in [6.07, 6.45) is 6.15. The highest BCUT2D eigenvalue weighted by Gasteiger charge is 2.61. The molecule has 4 aliphatic carbocycles. The maximum absolute atomic E-state index is 11.2. The minimum atomic E-state index is -4.72. The van der Waals surface area contributed by atoms with Crippen LogP contribution in [0.15, 0.2) is 0 Å². The van der Waals surface area contributed by atoms with E-state index in [-0.39, 0.29) is 10.8 Å². The molecule has 8 nitrogen and oxygen atoms in total. The van der Waals surface area contributed by atoms with E-state index >= 15 is 0 Å². The third kappa shape index (κ3) is 4.01. The summed E-state index contributed by atoms with van der Waals surface area (Å²) in [5.41, 5.74) is -0.223. The summed E-state index contributed by atoms with van der Waals surface area (Å²) in [6.45, 7) is 4.37. The van der Waals surface area contributed by atoms with Crippen molar-refractivity contribution in [1.82, 2.24) is 0 Å². The Balaban J connectivity index is 1.51. The van der Waals surface area contributed by atoms with E-state index in [0.717, 1.165) is 38.5 Å². The van der Waals surface area contributed by atoms with E-state index in [1.165, 1.54) is 0 Å². The Hall–Kier alpha value is -0.260. The van der Waals surface area contributed by atoms with Crippen LogP contribution in [0.4, 0.5) is 0 Å². The molecule has 29 heavy (non-hydrogen) atoms. The van der Waals surface area contributed by atoms with Gasteiger partial charge in [-0.1, -0.05) is 13.8 Å². The van der Waals surface area contributed by atoms with Gasteiger partial charge in [0.05, 0.1) is 12.2 Å². The standard InChI is InChI=1S/C19H32O8S2/c1-18-9-7-13(26-28(20,21)22)11-12(18)3-4-14-15-5-6-17(27-29(23,24)25)19(15,2)10-8-16(14)18/h12-17H,3-11H2,1-2H3,(H,20,21,22)(H,23,24,25)/p-2/t12-,13-,14-,15-,16-,17+,18-,19-/m0/s1. The van der Waals surface area contributed by atoms with Crippen LogP contribution >= 0.6 is 0 Å². The molecule has 0 aliphatic heterocycles. The summed E-state index contributed by atoms with van der Waals surface area (Å²) in [5.74, 6) is 1.59. The van der Waals surface area contributed by atoms with Gasteiger partial charge >= 0.3 is 0 Å². The van der Waals surface area contributed by atoms with Crippen LogP contribution in [-0.2, 0) is 29.2 Å². The van der Waals surface area contributed by atoms with Crippen molar-refractivity contribution in [2.24, 2.45) is 34.5 Å². The van der Waals surface area contributed by atoms with Crippen LogP contribution in [-0.4, -0.2) is 38.1 Å². The summed E-state index contributed by atoms with van der Waals surface area (Å²) in [5, 5.41) is 0. The number of rotatable bonds is 4. The topological polar surface area (TPSA) is 133 Å². The first kappa shape index (κ1) is 22.0. The van der Waals surface area contributed by atoms with E-state index in [2.05, 4.69) is 13.8 Å². The highest BCUT2D eigenvalue weighted by atomic mass is 32.3. The lowest BCUT2D eigenvalue weighted by Gasteiger charge is -2.61. The Kier molecular flexibility index (Phi) is 5.40. The van der Waals surface area contributed by atoms with E-state index < -0.39 is 33.0 Å². The average Bonchev–Trinajstić information content (AvgIpc) is 2.89. The molecule has 0 N–H and O–H groups in total. The molecular weight excluding hydrogens is 420 g/mol. The summed E-state index contributed by atoms with van der Waals surface area (Å²) < 4.78 is 76.3. The van der Waals surface area contributed by atoms with Crippen molar-refractivity contribution in [1.29, 1.82) is 0 Å². The molecule has 0 radical (unpaired) electrons. The third-order valence-electron chi connectivity index (χ3n) is 9.02. The Bertz CT molecular complexity index is 855. The van der Waals surface area contributed by atoms with Crippen molar-refractivity contribution in [2.45, 2.75) is 83.8 Å². The van der Waals surface area contributed by atoms with Gasteiger partial charge < -0.3 is 9.11 Å². The van der Waals surface area contributed by atoms with Gasteiger partial charge in [-0.2, -0.15) is 0 Å². The smallest absolute Gasteiger partial charge is 0.217 e.